The summed E-state index contributed by atoms with van der Waals surface area (Å²) in [6, 6.07) is 10.4. The van der Waals surface area contributed by atoms with Crippen molar-refractivity contribution in [2.24, 2.45) is 4.99 Å². The molecule has 7 nitrogen and oxygen atoms in total. The third kappa shape index (κ3) is 8.00. The van der Waals surface area contributed by atoms with E-state index in [2.05, 4.69) is 42.9 Å². The van der Waals surface area contributed by atoms with Crippen molar-refractivity contribution in [2.75, 3.05) is 13.2 Å². The third-order valence-electron chi connectivity index (χ3n) is 8.40. The van der Waals surface area contributed by atoms with Gasteiger partial charge in [0.05, 0.1) is 29.3 Å². The first-order valence-electron chi connectivity index (χ1n) is 16.2. The number of hydrogen-bond acceptors (Lipinski definition) is 7. The number of ether oxygens (including phenoxy) is 3. The number of aryl methyl sites for hydroxylation is 1. The molecule has 2 atom stereocenters. The predicted octanol–water partition coefficient (Wildman–Crippen LogP) is 8.66. The van der Waals surface area contributed by atoms with Crippen molar-refractivity contribution in [2.45, 2.75) is 103 Å². The van der Waals surface area contributed by atoms with Gasteiger partial charge in [-0.2, -0.15) is 0 Å². The van der Waals surface area contributed by atoms with Crippen LogP contribution in [-0.2, 0) is 31.8 Å². The number of benzene rings is 1. The molecule has 3 aromatic rings. The van der Waals surface area contributed by atoms with Gasteiger partial charge in [-0.05, 0) is 99.2 Å². The van der Waals surface area contributed by atoms with Gasteiger partial charge in [-0.1, -0.05) is 45.1 Å². The SMILES string of the molecule is C1CCOC1.CC[C@H]1C[C@@H](/C=C/c2c(C(C)C)nc3c(c2-c2ccc(F)cc2)CCCc2nc(N=C=O)ccc2-3)OC(C)(C)O1. The summed E-state index contributed by atoms with van der Waals surface area (Å²) >= 11 is 0. The van der Waals surface area contributed by atoms with Crippen LogP contribution in [0.4, 0.5) is 10.2 Å². The number of rotatable bonds is 6. The fourth-order valence-electron chi connectivity index (χ4n) is 6.35. The molecule has 1 aliphatic carbocycles. The van der Waals surface area contributed by atoms with E-state index in [1.54, 1.807) is 12.1 Å². The summed E-state index contributed by atoms with van der Waals surface area (Å²) in [7, 11) is 0. The van der Waals surface area contributed by atoms with Crippen LogP contribution >= 0.6 is 0 Å². The molecular formula is C37H44FN3O4. The monoisotopic (exact) mass is 613 g/mol. The smallest absolute Gasteiger partial charge is 0.242 e. The van der Waals surface area contributed by atoms with Crippen molar-refractivity contribution in [3.05, 3.63) is 70.8 Å². The standard InChI is InChI=1S/C33H36FN3O3.C4H8O/c1-6-23-18-24(40-33(4,5)39-23)14-15-27-30(21-10-12-22(34)13-11-21)26-8-7-9-28-25(16-17-29(36-28)35-19-38)32(26)37-31(27)20(2)3;1-2-4-5-3-1/h10-17,20,23-24H,6-9,18H2,1-5H3;1-4H2/b15-14+;/t23-,24+;/m0./s1. The lowest BCUT2D eigenvalue weighted by molar-refractivity contribution is -0.290. The van der Waals surface area contributed by atoms with Gasteiger partial charge in [0.1, 0.15) is 5.82 Å². The first kappa shape index (κ1) is 32.8. The van der Waals surface area contributed by atoms with E-state index in [1.165, 1.54) is 25.0 Å². The zero-order valence-electron chi connectivity index (χ0n) is 27.1. The maximum absolute atomic E-state index is 14.0. The second-order valence-electron chi connectivity index (χ2n) is 12.6. The fraction of sp³-hybridized carbons (Fsp3) is 0.486. The van der Waals surface area contributed by atoms with Crippen LogP contribution in [0.25, 0.3) is 28.5 Å². The molecule has 3 aliphatic rings. The topological polar surface area (TPSA) is 82.9 Å². The van der Waals surface area contributed by atoms with Crippen LogP contribution in [0.2, 0.25) is 0 Å². The summed E-state index contributed by atoms with van der Waals surface area (Å²) < 4.78 is 31.3. The van der Waals surface area contributed by atoms with Gasteiger partial charge in [0.15, 0.2) is 11.6 Å². The zero-order chi connectivity index (χ0) is 32.0. The van der Waals surface area contributed by atoms with E-state index in [0.717, 1.165) is 90.2 Å². The lowest BCUT2D eigenvalue weighted by Gasteiger charge is -2.39. The first-order chi connectivity index (χ1) is 21.7. The minimum absolute atomic E-state index is 0.102. The highest BCUT2D eigenvalue weighted by Crippen LogP contribution is 2.42. The largest absolute Gasteiger partial charge is 0.381 e. The number of hydrogen-bond donors (Lipinski definition) is 0. The number of nitrogens with zero attached hydrogens (tertiary/aromatic N) is 3. The average molecular weight is 614 g/mol. The Balaban J connectivity index is 0.000000729. The summed E-state index contributed by atoms with van der Waals surface area (Å²) in [5.41, 5.74) is 7.80. The maximum Gasteiger partial charge on any atom is 0.242 e. The molecule has 8 heteroatoms. The van der Waals surface area contributed by atoms with Crippen molar-refractivity contribution in [1.82, 2.24) is 9.97 Å². The Morgan fingerprint density at radius 1 is 1.04 bits per heavy atom. The Bertz CT molecular complexity index is 1550. The maximum atomic E-state index is 14.0. The highest BCUT2D eigenvalue weighted by molar-refractivity contribution is 5.85. The minimum atomic E-state index is -0.663. The molecule has 2 aliphatic heterocycles. The highest BCUT2D eigenvalue weighted by atomic mass is 19.1. The molecule has 1 aromatic carbocycles. The van der Waals surface area contributed by atoms with Crippen LogP contribution in [0.5, 0.6) is 0 Å². The summed E-state index contributed by atoms with van der Waals surface area (Å²) in [5.74, 6) is -0.460. The van der Waals surface area contributed by atoms with Crippen LogP contribution in [-0.4, -0.2) is 47.3 Å². The zero-order valence-corrected chi connectivity index (χ0v) is 27.1. The second-order valence-corrected chi connectivity index (χ2v) is 12.6. The first-order valence-corrected chi connectivity index (χ1v) is 16.2. The quantitative estimate of drug-likeness (QED) is 0.204. The molecular weight excluding hydrogens is 569 g/mol. The van der Waals surface area contributed by atoms with Crippen LogP contribution in [0.1, 0.15) is 95.2 Å². The fourth-order valence-corrected chi connectivity index (χ4v) is 6.35. The molecule has 6 rings (SSSR count). The van der Waals surface area contributed by atoms with Crippen molar-refractivity contribution >= 4 is 18.0 Å². The number of aliphatic imine (C=N–C) groups is 1. The Kier molecular flexibility index (Phi) is 10.7. The molecule has 0 radical (unpaired) electrons. The van der Waals surface area contributed by atoms with Crippen molar-refractivity contribution in [3.8, 4) is 22.4 Å². The van der Waals surface area contributed by atoms with E-state index >= 15 is 0 Å². The lowest BCUT2D eigenvalue weighted by atomic mass is 9.86. The van der Waals surface area contributed by atoms with Crippen LogP contribution in [0.15, 0.2) is 47.5 Å². The van der Waals surface area contributed by atoms with Crippen LogP contribution in [0.3, 0.4) is 0 Å². The van der Waals surface area contributed by atoms with Crippen molar-refractivity contribution < 1.29 is 23.4 Å². The summed E-state index contributed by atoms with van der Waals surface area (Å²) in [6.45, 7) is 12.3. The molecule has 2 aromatic heterocycles. The Morgan fingerprint density at radius 2 is 1.80 bits per heavy atom. The molecule has 0 unspecified atom stereocenters. The summed E-state index contributed by atoms with van der Waals surface area (Å²) in [4.78, 5) is 24.5. The molecule has 238 valence electrons. The normalized spacial score (nSPS) is 20.5. The van der Waals surface area contributed by atoms with Crippen LogP contribution < -0.4 is 0 Å². The van der Waals surface area contributed by atoms with Gasteiger partial charge < -0.3 is 14.2 Å². The Labute approximate surface area is 266 Å². The van der Waals surface area contributed by atoms with Gasteiger partial charge in [0, 0.05) is 30.8 Å². The van der Waals surface area contributed by atoms with Gasteiger partial charge >= 0.3 is 0 Å². The number of pyridine rings is 2. The van der Waals surface area contributed by atoms with Gasteiger partial charge in [-0.15, -0.1) is 4.99 Å². The van der Waals surface area contributed by atoms with Crippen molar-refractivity contribution in [1.29, 1.82) is 0 Å². The molecule has 45 heavy (non-hydrogen) atoms. The number of halogens is 1. The molecule has 2 saturated heterocycles. The number of carbonyl (C=O) groups excluding carboxylic acids is 1. The molecule has 0 N–H and O–H groups in total. The summed E-state index contributed by atoms with van der Waals surface area (Å²) in [6.07, 6.45) is 12.5. The molecule has 0 spiro atoms. The molecule has 0 saturated carbocycles. The van der Waals surface area contributed by atoms with Gasteiger partial charge in [0.25, 0.3) is 0 Å². The highest BCUT2D eigenvalue weighted by Gasteiger charge is 2.34. The number of aromatic nitrogens is 2. The number of fused-ring (bicyclic) bond motifs is 3. The lowest BCUT2D eigenvalue weighted by Crippen LogP contribution is -2.43. The van der Waals surface area contributed by atoms with Crippen molar-refractivity contribution in [3.63, 3.8) is 0 Å². The van der Waals surface area contributed by atoms with Gasteiger partial charge in [-0.3, -0.25) is 4.98 Å². The van der Waals surface area contributed by atoms with Crippen LogP contribution in [0, 0.1) is 5.82 Å². The summed E-state index contributed by atoms with van der Waals surface area (Å²) in [5, 5.41) is 0. The second kappa shape index (κ2) is 14.7. The average Bonchev–Trinajstić information content (AvgIpc) is 3.55. The molecule has 4 heterocycles. The van der Waals surface area contributed by atoms with E-state index in [0.29, 0.717) is 5.82 Å². The number of isocyanates is 1. The van der Waals surface area contributed by atoms with E-state index in [1.807, 2.05) is 32.0 Å². The third-order valence-corrected chi connectivity index (χ3v) is 8.40. The van der Waals surface area contributed by atoms with E-state index in [9.17, 15) is 9.18 Å². The molecule has 0 amide bonds. The Hall–Kier alpha value is -3.55. The van der Waals surface area contributed by atoms with E-state index in [-0.39, 0.29) is 23.9 Å². The van der Waals surface area contributed by atoms with Gasteiger partial charge in [0.2, 0.25) is 6.08 Å². The van der Waals surface area contributed by atoms with Gasteiger partial charge in [-0.25, -0.2) is 14.2 Å². The predicted molar refractivity (Wildman–Crippen MR) is 175 cm³/mol. The minimum Gasteiger partial charge on any atom is -0.381 e. The molecule has 0 bridgehead atoms. The molecule has 2 fully saturated rings. The Morgan fingerprint density at radius 3 is 2.44 bits per heavy atom. The van der Waals surface area contributed by atoms with E-state index < -0.39 is 5.79 Å². The van der Waals surface area contributed by atoms with E-state index in [4.69, 9.17) is 19.2 Å².